The molecule has 0 saturated heterocycles. The fraction of sp³-hybridized carbons (Fsp3) is 0.294. The average molecular weight is 350 g/mol. The predicted molar refractivity (Wildman–Crippen MR) is 88.8 cm³/mol. The lowest BCUT2D eigenvalue weighted by molar-refractivity contribution is -0.137. The Morgan fingerprint density at radius 1 is 1.32 bits per heavy atom. The molecule has 1 amide bonds. The molecule has 0 spiro atoms. The van der Waals surface area contributed by atoms with E-state index in [1.807, 2.05) is 11.0 Å². The van der Waals surface area contributed by atoms with Crippen LogP contribution in [0, 0.1) is 0 Å². The van der Waals surface area contributed by atoms with Crippen molar-refractivity contribution in [3.63, 3.8) is 0 Å². The minimum Gasteiger partial charge on any atom is -0.362 e. The molecule has 0 fully saturated rings. The standard InChI is InChI=1S/C17H17F3N4O/c1-11(25)22-9-13-10-24(15-3-2-8-21-16(15)23-13)14-6-4-12(5-7-14)17(18,19)20/h2-8,13H,9-10H2,1H3,(H,21,23)(H,22,25)/t13-/m0/s1. The molecular weight excluding hydrogens is 333 g/mol. The molecule has 1 aromatic heterocycles. The SMILES string of the molecule is CC(=O)NC[C@H]1CN(c2ccc(C(F)(F)F)cc2)c2cccnc2N1. The molecule has 2 heterocycles. The molecule has 0 saturated carbocycles. The fourth-order valence-electron chi connectivity index (χ4n) is 2.74. The fourth-order valence-corrected chi connectivity index (χ4v) is 2.74. The molecular formula is C17H17F3N4O. The van der Waals surface area contributed by atoms with Crippen molar-refractivity contribution in [2.45, 2.75) is 19.1 Å². The number of hydrogen-bond acceptors (Lipinski definition) is 4. The minimum atomic E-state index is -4.37. The molecule has 0 unspecified atom stereocenters. The molecule has 0 radical (unpaired) electrons. The van der Waals surface area contributed by atoms with Crippen molar-refractivity contribution in [3.05, 3.63) is 48.2 Å². The molecule has 1 atom stereocenters. The van der Waals surface area contributed by atoms with Crippen molar-refractivity contribution in [2.75, 3.05) is 23.3 Å². The zero-order valence-electron chi connectivity index (χ0n) is 13.5. The summed E-state index contributed by atoms with van der Waals surface area (Å²) in [5, 5.41) is 5.98. The third kappa shape index (κ3) is 3.84. The maximum absolute atomic E-state index is 12.8. The number of anilines is 3. The molecule has 25 heavy (non-hydrogen) atoms. The Morgan fingerprint density at radius 2 is 2.04 bits per heavy atom. The number of alkyl halides is 3. The molecule has 132 valence electrons. The minimum absolute atomic E-state index is 0.117. The van der Waals surface area contributed by atoms with Crippen molar-refractivity contribution < 1.29 is 18.0 Å². The number of aromatic nitrogens is 1. The predicted octanol–water partition coefficient (Wildman–Crippen LogP) is 3.17. The second kappa shape index (κ2) is 6.62. The number of benzene rings is 1. The van der Waals surface area contributed by atoms with Crippen LogP contribution in [0.4, 0.5) is 30.4 Å². The van der Waals surface area contributed by atoms with Crippen molar-refractivity contribution >= 4 is 23.1 Å². The van der Waals surface area contributed by atoms with Gasteiger partial charge in [0.2, 0.25) is 5.91 Å². The van der Waals surface area contributed by atoms with Crippen molar-refractivity contribution in [2.24, 2.45) is 0 Å². The van der Waals surface area contributed by atoms with Crippen LogP contribution in [0.15, 0.2) is 42.6 Å². The monoisotopic (exact) mass is 350 g/mol. The molecule has 1 aliphatic heterocycles. The molecule has 8 heteroatoms. The Labute approximate surface area is 142 Å². The summed E-state index contributed by atoms with van der Waals surface area (Å²) in [7, 11) is 0. The van der Waals surface area contributed by atoms with Gasteiger partial charge in [-0.05, 0) is 36.4 Å². The molecule has 1 aliphatic rings. The number of pyridine rings is 1. The van der Waals surface area contributed by atoms with Gasteiger partial charge in [-0.3, -0.25) is 4.79 Å². The largest absolute Gasteiger partial charge is 0.416 e. The number of halogens is 3. The lowest BCUT2D eigenvalue weighted by Crippen LogP contribution is -2.46. The van der Waals surface area contributed by atoms with Crippen molar-refractivity contribution in [1.82, 2.24) is 10.3 Å². The van der Waals surface area contributed by atoms with Crippen LogP contribution in [0.2, 0.25) is 0 Å². The van der Waals surface area contributed by atoms with E-state index in [0.29, 0.717) is 24.6 Å². The van der Waals surface area contributed by atoms with Crippen LogP contribution in [-0.2, 0) is 11.0 Å². The van der Waals surface area contributed by atoms with Gasteiger partial charge in [0, 0.05) is 31.9 Å². The lowest BCUT2D eigenvalue weighted by Gasteiger charge is -2.36. The maximum Gasteiger partial charge on any atom is 0.416 e. The summed E-state index contributed by atoms with van der Waals surface area (Å²) in [6, 6.07) is 8.52. The molecule has 0 bridgehead atoms. The zero-order valence-corrected chi connectivity index (χ0v) is 13.5. The van der Waals surface area contributed by atoms with Gasteiger partial charge in [-0.1, -0.05) is 0 Å². The zero-order chi connectivity index (χ0) is 18.0. The first-order chi connectivity index (χ1) is 11.8. The lowest BCUT2D eigenvalue weighted by atomic mass is 10.1. The van der Waals surface area contributed by atoms with Gasteiger partial charge in [-0.15, -0.1) is 0 Å². The smallest absolute Gasteiger partial charge is 0.362 e. The molecule has 5 nitrogen and oxygen atoms in total. The highest BCUT2D eigenvalue weighted by molar-refractivity contribution is 5.77. The number of fused-ring (bicyclic) bond motifs is 1. The topological polar surface area (TPSA) is 57.3 Å². The summed E-state index contributed by atoms with van der Waals surface area (Å²) >= 11 is 0. The first-order valence-electron chi connectivity index (χ1n) is 7.75. The number of nitrogens with one attached hydrogen (secondary N) is 2. The molecule has 1 aromatic carbocycles. The van der Waals surface area contributed by atoms with Crippen LogP contribution < -0.4 is 15.5 Å². The number of carbonyl (C=O) groups excluding carboxylic acids is 1. The van der Waals surface area contributed by atoms with Crippen LogP contribution in [0.5, 0.6) is 0 Å². The van der Waals surface area contributed by atoms with Gasteiger partial charge < -0.3 is 15.5 Å². The second-order valence-corrected chi connectivity index (χ2v) is 5.80. The van der Waals surface area contributed by atoms with E-state index in [1.165, 1.54) is 19.1 Å². The van der Waals surface area contributed by atoms with E-state index in [2.05, 4.69) is 15.6 Å². The average Bonchev–Trinajstić information content (AvgIpc) is 2.58. The molecule has 2 aromatic rings. The van der Waals surface area contributed by atoms with E-state index in [9.17, 15) is 18.0 Å². The number of amides is 1. The Hall–Kier alpha value is -2.77. The quantitative estimate of drug-likeness (QED) is 0.893. The normalized spacial score (nSPS) is 16.8. The Balaban J connectivity index is 1.89. The Morgan fingerprint density at radius 3 is 2.68 bits per heavy atom. The summed E-state index contributed by atoms with van der Waals surface area (Å²) in [6.07, 6.45) is -2.73. The van der Waals surface area contributed by atoms with Crippen LogP contribution in [0.1, 0.15) is 12.5 Å². The van der Waals surface area contributed by atoms with E-state index in [0.717, 1.165) is 17.8 Å². The van der Waals surface area contributed by atoms with E-state index in [-0.39, 0.29) is 11.9 Å². The van der Waals surface area contributed by atoms with Gasteiger partial charge in [0.05, 0.1) is 17.3 Å². The van der Waals surface area contributed by atoms with Crippen LogP contribution in [0.3, 0.4) is 0 Å². The number of carbonyl (C=O) groups is 1. The highest BCUT2D eigenvalue weighted by Gasteiger charge is 2.31. The summed E-state index contributed by atoms with van der Waals surface area (Å²) in [5.74, 6) is 0.485. The van der Waals surface area contributed by atoms with Crippen molar-refractivity contribution in [3.8, 4) is 0 Å². The molecule has 3 rings (SSSR count). The summed E-state index contributed by atoms with van der Waals surface area (Å²) in [5.41, 5.74) is 0.727. The maximum atomic E-state index is 12.8. The van der Waals surface area contributed by atoms with Gasteiger partial charge in [-0.2, -0.15) is 13.2 Å². The van der Waals surface area contributed by atoms with Gasteiger partial charge in [0.15, 0.2) is 0 Å². The number of rotatable bonds is 3. The molecule has 0 aliphatic carbocycles. The van der Waals surface area contributed by atoms with Crippen LogP contribution in [0.25, 0.3) is 0 Å². The second-order valence-electron chi connectivity index (χ2n) is 5.80. The Bertz CT molecular complexity index is 761. The van der Waals surface area contributed by atoms with E-state index in [1.54, 1.807) is 12.3 Å². The third-order valence-corrected chi connectivity index (χ3v) is 3.92. The first-order valence-corrected chi connectivity index (χ1v) is 7.75. The summed E-state index contributed by atoms with van der Waals surface area (Å²) < 4.78 is 38.3. The number of nitrogens with zero attached hydrogens (tertiary/aromatic N) is 2. The van der Waals surface area contributed by atoms with Crippen molar-refractivity contribution in [1.29, 1.82) is 0 Å². The highest BCUT2D eigenvalue weighted by atomic mass is 19.4. The van der Waals surface area contributed by atoms with E-state index < -0.39 is 11.7 Å². The van der Waals surface area contributed by atoms with Crippen LogP contribution in [-0.4, -0.2) is 30.0 Å². The van der Waals surface area contributed by atoms with Crippen LogP contribution >= 0.6 is 0 Å². The van der Waals surface area contributed by atoms with Gasteiger partial charge >= 0.3 is 6.18 Å². The third-order valence-electron chi connectivity index (χ3n) is 3.92. The van der Waals surface area contributed by atoms with E-state index >= 15 is 0 Å². The van der Waals surface area contributed by atoms with Gasteiger partial charge in [-0.25, -0.2) is 4.98 Å². The summed E-state index contributed by atoms with van der Waals surface area (Å²) in [4.78, 5) is 17.3. The van der Waals surface area contributed by atoms with Gasteiger partial charge in [0.25, 0.3) is 0 Å². The van der Waals surface area contributed by atoms with Gasteiger partial charge in [0.1, 0.15) is 5.82 Å². The van der Waals surface area contributed by atoms with E-state index in [4.69, 9.17) is 0 Å². The summed E-state index contributed by atoms with van der Waals surface area (Å²) in [6.45, 7) is 2.31. The number of hydrogen-bond donors (Lipinski definition) is 2. The first kappa shape index (κ1) is 17.1. The Kier molecular flexibility index (Phi) is 4.52. The molecule has 2 N–H and O–H groups in total. The highest BCUT2D eigenvalue weighted by Crippen LogP contribution is 2.36.